The minimum atomic E-state index is -0.651. The smallest absolute Gasteiger partial charge is 0.328 e. The van der Waals surface area contributed by atoms with Crippen LogP contribution in [0.3, 0.4) is 0 Å². The molecular weight excluding hydrogens is 440 g/mol. The molecular formula is C29H34N2O4. The lowest BCUT2D eigenvalue weighted by molar-refractivity contribution is -0.149. The molecule has 6 nitrogen and oxygen atoms in total. The number of carbonyl (C=O) groups excluding carboxylic acids is 2. The monoisotopic (exact) mass is 474 g/mol. The Morgan fingerprint density at radius 2 is 1.71 bits per heavy atom. The van der Waals surface area contributed by atoms with Gasteiger partial charge in [0, 0.05) is 6.54 Å². The molecule has 1 amide bonds. The molecule has 0 aliphatic carbocycles. The van der Waals surface area contributed by atoms with Crippen molar-refractivity contribution in [2.45, 2.75) is 57.6 Å². The van der Waals surface area contributed by atoms with Gasteiger partial charge in [0.25, 0.3) is 0 Å². The van der Waals surface area contributed by atoms with Crippen LogP contribution in [0.4, 0.5) is 0 Å². The highest BCUT2D eigenvalue weighted by Gasteiger charge is 2.36. The Kier molecular flexibility index (Phi) is 8.50. The average molecular weight is 475 g/mol. The number of ether oxygens (including phenoxy) is 2. The van der Waals surface area contributed by atoms with Crippen molar-refractivity contribution in [2.75, 3.05) is 13.6 Å². The standard InChI is InChI=1S/C29H34N2O4/c1-3-9-26(29(33)35-19-21-10-5-4-6-11-21)30-28(32)27-17-25(18-31(27)2)34-20-22-14-15-23-12-7-8-13-24(23)16-22/h4-8,10-16,25-27H,3,9,17-20H2,1-2H3,(H,30,32)/t25-,26+,27+/m1/s1. The van der Waals surface area contributed by atoms with Crippen LogP contribution < -0.4 is 5.32 Å². The molecule has 1 saturated heterocycles. The lowest BCUT2D eigenvalue weighted by Gasteiger charge is -2.22. The maximum Gasteiger partial charge on any atom is 0.328 e. The van der Waals surface area contributed by atoms with Gasteiger partial charge in [-0.3, -0.25) is 9.69 Å². The zero-order chi connectivity index (χ0) is 24.6. The van der Waals surface area contributed by atoms with Crippen LogP contribution in [-0.2, 0) is 32.3 Å². The molecule has 3 aromatic carbocycles. The zero-order valence-corrected chi connectivity index (χ0v) is 20.5. The van der Waals surface area contributed by atoms with E-state index in [1.54, 1.807) is 0 Å². The van der Waals surface area contributed by atoms with Crippen molar-refractivity contribution in [1.82, 2.24) is 10.2 Å². The molecule has 1 N–H and O–H groups in total. The molecule has 1 heterocycles. The van der Waals surface area contributed by atoms with Crippen LogP contribution in [0.15, 0.2) is 72.8 Å². The van der Waals surface area contributed by atoms with Crippen LogP contribution in [0.2, 0.25) is 0 Å². The van der Waals surface area contributed by atoms with E-state index in [1.165, 1.54) is 10.8 Å². The highest BCUT2D eigenvalue weighted by Crippen LogP contribution is 2.22. The van der Waals surface area contributed by atoms with Gasteiger partial charge in [0.05, 0.1) is 18.8 Å². The number of fused-ring (bicyclic) bond motifs is 1. The summed E-state index contributed by atoms with van der Waals surface area (Å²) in [4.78, 5) is 27.7. The van der Waals surface area contributed by atoms with Gasteiger partial charge < -0.3 is 14.8 Å². The van der Waals surface area contributed by atoms with Crippen molar-refractivity contribution in [1.29, 1.82) is 0 Å². The largest absolute Gasteiger partial charge is 0.459 e. The fourth-order valence-electron chi connectivity index (χ4n) is 4.56. The lowest BCUT2D eigenvalue weighted by atomic mass is 10.1. The molecule has 0 aromatic heterocycles. The third kappa shape index (κ3) is 6.68. The molecule has 184 valence electrons. The molecule has 1 aliphatic rings. The second kappa shape index (κ2) is 12.0. The molecule has 1 aliphatic heterocycles. The molecule has 0 unspecified atom stereocenters. The number of hydrogen-bond donors (Lipinski definition) is 1. The maximum atomic E-state index is 13.1. The van der Waals surface area contributed by atoms with E-state index < -0.39 is 12.0 Å². The first-order valence-corrected chi connectivity index (χ1v) is 12.3. The van der Waals surface area contributed by atoms with Gasteiger partial charge in [-0.25, -0.2) is 4.79 Å². The van der Waals surface area contributed by atoms with E-state index in [0.29, 0.717) is 26.0 Å². The summed E-state index contributed by atoms with van der Waals surface area (Å²) < 4.78 is 11.6. The fourth-order valence-corrected chi connectivity index (χ4v) is 4.56. The Morgan fingerprint density at radius 3 is 2.49 bits per heavy atom. The molecule has 0 radical (unpaired) electrons. The normalized spacial score (nSPS) is 18.9. The van der Waals surface area contributed by atoms with Crippen LogP contribution in [0.25, 0.3) is 10.8 Å². The molecule has 6 heteroatoms. The molecule has 0 spiro atoms. The SMILES string of the molecule is CCC[C@H](NC(=O)[C@@H]1C[C@@H](OCc2ccc3ccccc3c2)CN1C)C(=O)OCc1ccccc1. The Morgan fingerprint density at radius 1 is 0.971 bits per heavy atom. The molecule has 4 rings (SSSR count). The molecule has 1 fully saturated rings. The Hall–Kier alpha value is -3.22. The fraction of sp³-hybridized carbons (Fsp3) is 0.379. The first-order chi connectivity index (χ1) is 17.0. The number of carbonyl (C=O) groups is 2. The van der Waals surface area contributed by atoms with Crippen molar-refractivity contribution < 1.29 is 19.1 Å². The van der Waals surface area contributed by atoms with Gasteiger partial charge in [-0.2, -0.15) is 0 Å². The number of esters is 1. The third-order valence-electron chi connectivity index (χ3n) is 6.51. The predicted octanol–water partition coefficient (Wildman–Crippen LogP) is 4.46. The topological polar surface area (TPSA) is 67.9 Å². The second-order valence-corrected chi connectivity index (χ2v) is 9.25. The predicted molar refractivity (Wildman–Crippen MR) is 137 cm³/mol. The van der Waals surface area contributed by atoms with Crippen LogP contribution in [0.5, 0.6) is 0 Å². The molecule has 35 heavy (non-hydrogen) atoms. The maximum absolute atomic E-state index is 13.1. The van der Waals surface area contributed by atoms with E-state index in [9.17, 15) is 9.59 Å². The number of nitrogens with one attached hydrogen (secondary N) is 1. The van der Waals surface area contributed by atoms with Gasteiger partial charge >= 0.3 is 5.97 Å². The zero-order valence-electron chi connectivity index (χ0n) is 20.5. The summed E-state index contributed by atoms with van der Waals surface area (Å²) in [6.45, 7) is 3.36. The minimum absolute atomic E-state index is 0.0446. The van der Waals surface area contributed by atoms with Crippen LogP contribution in [0.1, 0.15) is 37.3 Å². The summed E-state index contributed by atoms with van der Waals surface area (Å²) in [7, 11) is 1.92. The van der Waals surface area contributed by atoms with Gasteiger partial charge in [-0.15, -0.1) is 0 Å². The Balaban J connectivity index is 1.29. The van der Waals surface area contributed by atoms with E-state index in [1.807, 2.05) is 61.3 Å². The average Bonchev–Trinajstić information content (AvgIpc) is 3.26. The number of nitrogens with zero attached hydrogens (tertiary/aromatic N) is 1. The summed E-state index contributed by atoms with van der Waals surface area (Å²) in [5.74, 6) is -0.548. The Bertz CT molecular complexity index is 1130. The van der Waals surface area contributed by atoms with Gasteiger partial charge in [0.2, 0.25) is 5.91 Å². The summed E-state index contributed by atoms with van der Waals surface area (Å²) in [5, 5.41) is 5.33. The second-order valence-electron chi connectivity index (χ2n) is 9.25. The van der Waals surface area contributed by atoms with E-state index in [4.69, 9.17) is 9.47 Å². The summed E-state index contributed by atoms with van der Waals surface area (Å²) >= 11 is 0. The van der Waals surface area contributed by atoms with Gasteiger partial charge in [-0.1, -0.05) is 80.1 Å². The van der Waals surface area contributed by atoms with E-state index in [0.717, 1.165) is 17.5 Å². The van der Waals surface area contributed by atoms with Crippen molar-refractivity contribution in [2.24, 2.45) is 0 Å². The molecule has 0 bridgehead atoms. The van der Waals surface area contributed by atoms with Crippen LogP contribution >= 0.6 is 0 Å². The summed E-state index contributed by atoms with van der Waals surface area (Å²) in [5.41, 5.74) is 2.03. The van der Waals surface area contributed by atoms with Crippen LogP contribution in [-0.4, -0.2) is 48.6 Å². The molecule has 3 atom stereocenters. The molecule has 3 aromatic rings. The lowest BCUT2D eigenvalue weighted by Crippen LogP contribution is -2.49. The van der Waals surface area contributed by atoms with Gasteiger partial charge in [-0.05, 0) is 47.9 Å². The van der Waals surface area contributed by atoms with Gasteiger partial charge in [0.15, 0.2) is 0 Å². The third-order valence-corrected chi connectivity index (χ3v) is 6.51. The van der Waals surface area contributed by atoms with Crippen molar-refractivity contribution in [3.8, 4) is 0 Å². The van der Waals surface area contributed by atoms with Crippen molar-refractivity contribution in [3.63, 3.8) is 0 Å². The highest BCUT2D eigenvalue weighted by molar-refractivity contribution is 5.87. The number of amides is 1. The first kappa shape index (κ1) is 24.9. The highest BCUT2D eigenvalue weighted by atomic mass is 16.5. The van der Waals surface area contributed by atoms with Gasteiger partial charge in [0.1, 0.15) is 12.6 Å². The van der Waals surface area contributed by atoms with Crippen molar-refractivity contribution in [3.05, 3.63) is 83.9 Å². The number of hydrogen-bond acceptors (Lipinski definition) is 5. The van der Waals surface area contributed by atoms with E-state index in [2.05, 4.69) is 35.6 Å². The van der Waals surface area contributed by atoms with Crippen molar-refractivity contribution >= 4 is 22.6 Å². The number of likely N-dealkylation sites (N-methyl/N-ethyl adjacent to an activating group) is 1. The quantitative estimate of drug-likeness (QED) is 0.440. The first-order valence-electron chi connectivity index (χ1n) is 12.3. The summed E-state index contributed by atoms with van der Waals surface area (Å²) in [6, 6.07) is 23.2. The Labute approximate surface area is 207 Å². The molecule has 0 saturated carbocycles. The number of rotatable bonds is 10. The minimum Gasteiger partial charge on any atom is -0.459 e. The number of benzene rings is 3. The van der Waals surface area contributed by atoms with E-state index >= 15 is 0 Å². The van der Waals surface area contributed by atoms with Crippen LogP contribution in [0, 0.1) is 0 Å². The number of likely N-dealkylation sites (tertiary alicyclic amines) is 1. The summed E-state index contributed by atoms with van der Waals surface area (Å²) in [6.07, 6.45) is 1.85. The van der Waals surface area contributed by atoms with E-state index in [-0.39, 0.29) is 24.7 Å².